The normalized spacial score (nSPS) is 10.4. The minimum Gasteiger partial charge on any atom is -0.344 e. The number of amides is 1. The van der Waals surface area contributed by atoms with Crippen molar-refractivity contribution in [3.05, 3.63) is 35.9 Å². The summed E-state index contributed by atoms with van der Waals surface area (Å²) >= 11 is 0. The lowest BCUT2D eigenvalue weighted by atomic mass is 10.1. The summed E-state index contributed by atoms with van der Waals surface area (Å²) in [6, 6.07) is 8.91. The Balaban J connectivity index is 2.47. The summed E-state index contributed by atoms with van der Waals surface area (Å²) in [4.78, 5) is 27.3. The van der Waals surface area contributed by atoms with Crippen LogP contribution < -0.4 is 0 Å². The van der Waals surface area contributed by atoms with Crippen LogP contribution in [0.15, 0.2) is 30.3 Å². The Morgan fingerprint density at radius 2 is 1.61 bits per heavy atom. The summed E-state index contributed by atoms with van der Waals surface area (Å²) in [5, 5.41) is 0. The molecule has 98 valence electrons. The molecule has 4 nitrogen and oxygen atoms in total. The van der Waals surface area contributed by atoms with Gasteiger partial charge >= 0.3 is 0 Å². The number of nitrogens with zero attached hydrogens (tertiary/aromatic N) is 2. The third kappa shape index (κ3) is 4.67. The van der Waals surface area contributed by atoms with Gasteiger partial charge in [-0.15, -0.1) is 0 Å². The van der Waals surface area contributed by atoms with Crippen molar-refractivity contribution in [3.63, 3.8) is 0 Å². The molecule has 1 amide bonds. The Hall–Kier alpha value is -1.68. The molecule has 0 N–H and O–H groups in total. The van der Waals surface area contributed by atoms with Crippen molar-refractivity contribution in [2.45, 2.75) is 6.42 Å². The number of hydrogen-bond donors (Lipinski definition) is 0. The van der Waals surface area contributed by atoms with Crippen LogP contribution in [0.25, 0.3) is 0 Å². The van der Waals surface area contributed by atoms with Crippen molar-refractivity contribution >= 4 is 11.7 Å². The van der Waals surface area contributed by atoms with Gasteiger partial charge in [-0.05, 0) is 14.1 Å². The van der Waals surface area contributed by atoms with Crippen molar-refractivity contribution in [1.29, 1.82) is 0 Å². The smallest absolute Gasteiger partial charge is 0.230 e. The maximum Gasteiger partial charge on any atom is 0.230 e. The van der Waals surface area contributed by atoms with E-state index < -0.39 is 0 Å². The molecule has 1 aromatic carbocycles. The number of likely N-dealkylation sites (N-methyl/N-ethyl adjacent to an activating group) is 2. The number of carbonyl (C=O) groups excluding carboxylic acids is 2. The average Bonchev–Trinajstić information content (AvgIpc) is 2.36. The molecule has 18 heavy (non-hydrogen) atoms. The Bertz CT molecular complexity index is 402. The number of ketones is 1. The molecule has 0 bridgehead atoms. The third-order valence-electron chi connectivity index (χ3n) is 2.72. The van der Waals surface area contributed by atoms with E-state index in [1.54, 1.807) is 36.2 Å². The maximum absolute atomic E-state index is 11.8. The fourth-order valence-corrected chi connectivity index (χ4v) is 1.47. The van der Waals surface area contributed by atoms with Gasteiger partial charge in [-0.1, -0.05) is 30.3 Å². The van der Waals surface area contributed by atoms with Gasteiger partial charge in [0.05, 0.1) is 6.42 Å². The minimum absolute atomic E-state index is 0.0616. The molecule has 0 aliphatic heterocycles. The zero-order valence-electron chi connectivity index (χ0n) is 11.2. The van der Waals surface area contributed by atoms with E-state index in [9.17, 15) is 9.59 Å². The van der Waals surface area contributed by atoms with Crippen LogP contribution in [0.5, 0.6) is 0 Å². The molecule has 0 aromatic heterocycles. The molecule has 1 rings (SSSR count). The van der Waals surface area contributed by atoms with E-state index in [2.05, 4.69) is 0 Å². The van der Waals surface area contributed by atoms with Crippen LogP contribution >= 0.6 is 0 Å². The maximum atomic E-state index is 11.8. The monoisotopic (exact) mass is 248 g/mol. The summed E-state index contributed by atoms with van der Waals surface area (Å²) < 4.78 is 0. The summed E-state index contributed by atoms with van der Waals surface area (Å²) in [6.45, 7) is 1.43. The minimum atomic E-state index is -0.134. The second-order valence-corrected chi connectivity index (χ2v) is 4.58. The average molecular weight is 248 g/mol. The van der Waals surface area contributed by atoms with E-state index in [1.807, 2.05) is 25.1 Å². The zero-order valence-corrected chi connectivity index (χ0v) is 11.2. The quantitative estimate of drug-likeness (QED) is 0.562. The molecule has 1 aromatic rings. The van der Waals surface area contributed by atoms with Gasteiger partial charge in [0.1, 0.15) is 0 Å². The fourth-order valence-electron chi connectivity index (χ4n) is 1.47. The molecular formula is C14H20N2O2. The van der Waals surface area contributed by atoms with E-state index in [-0.39, 0.29) is 18.1 Å². The van der Waals surface area contributed by atoms with E-state index in [0.29, 0.717) is 12.1 Å². The van der Waals surface area contributed by atoms with Crippen LogP contribution in [0.3, 0.4) is 0 Å². The van der Waals surface area contributed by atoms with Crippen LogP contribution in [-0.2, 0) is 4.79 Å². The lowest BCUT2D eigenvalue weighted by Crippen LogP contribution is -2.34. The molecule has 0 aliphatic carbocycles. The van der Waals surface area contributed by atoms with Crippen LogP contribution in [0, 0.1) is 0 Å². The predicted octanol–water partition coefficient (Wildman–Crippen LogP) is 1.28. The highest BCUT2D eigenvalue weighted by Gasteiger charge is 2.15. The molecule has 0 radical (unpaired) electrons. The molecule has 0 unspecified atom stereocenters. The second kappa shape index (κ2) is 6.91. The molecule has 0 fully saturated rings. The molecule has 0 saturated carbocycles. The van der Waals surface area contributed by atoms with E-state index in [0.717, 1.165) is 6.54 Å². The van der Waals surface area contributed by atoms with E-state index in [1.165, 1.54) is 0 Å². The summed E-state index contributed by atoms with van der Waals surface area (Å²) in [5.74, 6) is -0.261. The first kappa shape index (κ1) is 14.4. The van der Waals surface area contributed by atoms with Gasteiger partial charge in [0.2, 0.25) is 5.91 Å². The lowest BCUT2D eigenvalue weighted by Gasteiger charge is -2.19. The van der Waals surface area contributed by atoms with Crippen LogP contribution in [0.1, 0.15) is 16.8 Å². The Kier molecular flexibility index (Phi) is 5.52. The fraction of sp³-hybridized carbons (Fsp3) is 0.429. The number of rotatable bonds is 6. The molecule has 0 spiro atoms. The van der Waals surface area contributed by atoms with Gasteiger partial charge < -0.3 is 9.80 Å². The van der Waals surface area contributed by atoms with Gasteiger partial charge in [-0.25, -0.2) is 0 Å². The molecule has 0 atom stereocenters. The number of benzene rings is 1. The van der Waals surface area contributed by atoms with Gasteiger partial charge in [0, 0.05) is 25.7 Å². The van der Waals surface area contributed by atoms with E-state index in [4.69, 9.17) is 0 Å². The molecule has 0 aliphatic rings. The van der Waals surface area contributed by atoms with Crippen molar-refractivity contribution < 1.29 is 9.59 Å². The molecule has 4 heteroatoms. The Labute approximate surface area is 108 Å². The highest BCUT2D eigenvalue weighted by atomic mass is 16.2. The lowest BCUT2D eigenvalue weighted by molar-refractivity contribution is -0.129. The predicted molar refractivity (Wildman–Crippen MR) is 71.6 cm³/mol. The second-order valence-electron chi connectivity index (χ2n) is 4.58. The summed E-state index contributed by atoms with van der Waals surface area (Å²) in [6.07, 6.45) is -0.0616. The first-order valence-electron chi connectivity index (χ1n) is 5.97. The SMILES string of the molecule is CN(C)CCN(C)C(=O)CC(=O)c1ccccc1. The highest BCUT2D eigenvalue weighted by Crippen LogP contribution is 2.04. The van der Waals surface area contributed by atoms with Gasteiger partial charge in [0.25, 0.3) is 0 Å². The largest absolute Gasteiger partial charge is 0.344 e. The van der Waals surface area contributed by atoms with Gasteiger partial charge in [-0.3, -0.25) is 9.59 Å². The summed E-state index contributed by atoms with van der Waals surface area (Å²) in [7, 11) is 5.63. The van der Waals surface area contributed by atoms with Crippen LogP contribution in [0.4, 0.5) is 0 Å². The highest BCUT2D eigenvalue weighted by molar-refractivity contribution is 6.07. The molecule has 0 heterocycles. The van der Waals surface area contributed by atoms with Crippen molar-refractivity contribution in [2.24, 2.45) is 0 Å². The van der Waals surface area contributed by atoms with Crippen molar-refractivity contribution in [2.75, 3.05) is 34.2 Å². The number of carbonyl (C=O) groups is 2. The van der Waals surface area contributed by atoms with E-state index >= 15 is 0 Å². The van der Waals surface area contributed by atoms with Gasteiger partial charge in [0.15, 0.2) is 5.78 Å². The van der Waals surface area contributed by atoms with Crippen LogP contribution in [0.2, 0.25) is 0 Å². The molecular weight excluding hydrogens is 228 g/mol. The Morgan fingerprint density at radius 1 is 1.00 bits per heavy atom. The third-order valence-corrected chi connectivity index (χ3v) is 2.72. The summed E-state index contributed by atoms with van der Waals surface area (Å²) in [5.41, 5.74) is 0.590. The van der Waals surface area contributed by atoms with Crippen LogP contribution in [-0.4, -0.2) is 55.7 Å². The van der Waals surface area contributed by atoms with Crippen molar-refractivity contribution in [3.8, 4) is 0 Å². The van der Waals surface area contributed by atoms with Gasteiger partial charge in [-0.2, -0.15) is 0 Å². The zero-order chi connectivity index (χ0) is 13.5. The first-order chi connectivity index (χ1) is 8.50. The number of Topliss-reactive ketones (excluding diaryl/α,β-unsaturated/α-hetero) is 1. The topological polar surface area (TPSA) is 40.6 Å². The first-order valence-corrected chi connectivity index (χ1v) is 5.97. The Morgan fingerprint density at radius 3 is 2.17 bits per heavy atom. The van der Waals surface area contributed by atoms with Crippen molar-refractivity contribution in [1.82, 2.24) is 9.80 Å². The molecule has 0 saturated heterocycles. The number of hydrogen-bond acceptors (Lipinski definition) is 3. The standard InChI is InChI=1S/C14H20N2O2/c1-15(2)9-10-16(3)14(18)11-13(17)12-7-5-4-6-8-12/h4-8H,9-11H2,1-3H3.